The smallest absolute Gasteiger partial charge is 0.308 e. The van der Waals surface area contributed by atoms with Gasteiger partial charge in [0.25, 0.3) is 0 Å². The van der Waals surface area contributed by atoms with Crippen LogP contribution in [0.3, 0.4) is 0 Å². The summed E-state index contributed by atoms with van der Waals surface area (Å²) in [5.41, 5.74) is 7.93. The number of aromatic nitrogens is 1. The first-order valence-corrected chi connectivity index (χ1v) is 12.0. The molecule has 1 aliphatic heterocycles. The van der Waals surface area contributed by atoms with E-state index >= 15 is 0 Å². The SMILES string of the molecule is COc1ccc2nccc(C(N)CC[C@@H]3CCN(CC#Cc4cc(F)cc(F)c4F)C[C@@H]3C(=O)O)c2c1. The van der Waals surface area contributed by atoms with Crippen LogP contribution in [0.1, 0.15) is 36.4 Å². The minimum atomic E-state index is -1.30. The van der Waals surface area contributed by atoms with Crippen LogP contribution < -0.4 is 10.5 Å². The van der Waals surface area contributed by atoms with Gasteiger partial charge in [0, 0.05) is 30.2 Å². The third kappa shape index (κ3) is 6.21. The molecule has 0 aliphatic carbocycles. The largest absolute Gasteiger partial charge is 0.497 e. The Hall–Kier alpha value is -3.61. The molecule has 1 aliphatic rings. The van der Waals surface area contributed by atoms with Crippen LogP contribution in [-0.4, -0.2) is 47.7 Å². The van der Waals surface area contributed by atoms with Crippen LogP contribution in [0.25, 0.3) is 10.9 Å². The number of carbonyl (C=O) groups is 1. The molecule has 1 unspecified atom stereocenters. The highest BCUT2D eigenvalue weighted by Crippen LogP contribution is 2.33. The van der Waals surface area contributed by atoms with Gasteiger partial charge in [0.2, 0.25) is 0 Å². The van der Waals surface area contributed by atoms with Crippen molar-refractivity contribution in [2.24, 2.45) is 17.6 Å². The Morgan fingerprint density at radius 1 is 1.27 bits per heavy atom. The molecule has 3 N–H and O–H groups in total. The Bertz CT molecular complexity index is 1350. The summed E-state index contributed by atoms with van der Waals surface area (Å²) in [4.78, 5) is 18.3. The first kappa shape index (κ1) is 26.5. The Kier molecular flexibility index (Phi) is 8.31. The van der Waals surface area contributed by atoms with E-state index in [0.29, 0.717) is 37.6 Å². The standard InChI is InChI=1S/C28H28F3N3O3/c1-37-20-5-7-26-22(15-20)21(8-10-33-26)25(32)6-4-17-9-12-34(16-23(17)28(35)36)11-2-3-18-13-19(29)14-24(30)27(18)31/h5,7-8,10,13-15,17,23,25H,4,6,9,11-12,16,32H2,1H3,(H,35,36)/t17-,23+,25?/m1/s1. The van der Waals surface area contributed by atoms with Crippen molar-refractivity contribution in [3.8, 4) is 17.6 Å². The molecular formula is C28H28F3N3O3. The van der Waals surface area contributed by atoms with E-state index in [2.05, 4.69) is 16.8 Å². The summed E-state index contributed by atoms with van der Waals surface area (Å²) in [6.07, 6.45) is 3.60. The summed E-state index contributed by atoms with van der Waals surface area (Å²) < 4.78 is 45.9. The summed E-state index contributed by atoms with van der Waals surface area (Å²) >= 11 is 0. The molecule has 0 bridgehead atoms. The molecule has 1 saturated heterocycles. The molecule has 1 fully saturated rings. The summed E-state index contributed by atoms with van der Waals surface area (Å²) in [6.45, 7) is 1.05. The maximum absolute atomic E-state index is 13.8. The predicted molar refractivity (Wildman–Crippen MR) is 133 cm³/mol. The number of halogens is 3. The van der Waals surface area contributed by atoms with Gasteiger partial charge < -0.3 is 15.6 Å². The van der Waals surface area contributed by atoms with E-state index in [-0.39, 0.29) is 30.6 Å². The zero-order chi connectivity index (χ0) is 26.5. The molecule has 6 nitrogen and oxygen atoms in total. The molecule has 194 valence electrons. The summed E-state index contributed by atoms with van der Waals surface area (Å²) in [7, 11) is 1.60. The number of pyridine rings is 1. The van der Waals surface area contributed by atoms with Crippen molar-refractivity contribution in [3.63, 3.8) is 0 Å². The second kappa shape index (κ2) is 11.6. The Morgan fingerprint density at radius 2 is 2.08 bits per heavy atom. The van der Waals surface area contributed by atoms with Crippen molar-refractivity contribution in [1.82, 2.24) is 9.88 Å². The first-order valence-electron chi connectivity index (χ1n) is 12.0. The van der Waals surface area contributed by atoms with Gasteiger partial charge in [0.15, 0.2) is 11.6 Å². The monoisotopic (exact) mass is 511 g/mol. The van der Waals surface area contributed by atoms with Crippen LogP contribution in [-0.2, 0) is 4.79 Å². The van der Waals surface area contributed by atoms with E-state index in [4.69, 9.17) is 10.5 Å². The zero-order valence-electron chi connectivity index (χ0n) is 20.4. The second-order valence-electron chi connectivity index (χ2n) is 9.25. The summed E-state index contributed by atoms with van der Waals surface area (Å²) in [6, 6.07) is 8.51. The second-order valence-corrected chi connectivity index (χ2v) is 9.25. The third-order valence-corrected chi connectivity index (χ3v) is 6.91. The number of likely N-dealkylation sites (tertiary alicyclic amines) is 1. The van der Waals surface area contributed by atoms with Crippen molar-refractivity contribution in [1.29, 1.82) is 0 Å². The number of carboxylic acid groups (broad SMARTS) is 1. The fourth-order valence-electron chi connectivity index (χ4n) is 4.88. The number of nitrogens with zero attached hydrogens (tertiary/aromatic N) is 2. The fourth-order valence-corrected chi connectivity index (χ4v) is 4.88. The lowest BCUT2D eigenvalue weighted by Crippen LogP contribution is -2.44. The molecule has 2 heterocycles. The highest BCUT2D eigenvalue weighted by atomic mass is 19.2. The fraction of sp³-hybridized carbons (Fsp3) is 0.357. The molecule has 3 atom stereocenters. The Labute approximate surface area is 213 Å². The first-order chi connectivity index (χ1) is 17.8. The molecule has 0 radical (unpaired) electrons. The number of fused-ring (bicyclic) bond motifs is 1. The number of hydrogen-bond donors (Lipinski definition) is 2. The van der Waals surface area contributed by atoms with E-state index in [1.807, 2.05) is 29.2 Å². The third-order valence-electron chi connectivity index (χ3n) is 6.91. The lowest BCUT2D eigenvalue weighted by molar-refractivity contribution is -0.146. The lowest BCUT2D eigenvalue weighted by atomic mass is 9.81. The van der Waals surface area contributed by atoms with Crippen LogP contribution in [0.5, 0.6) is 5.75 Å². The van der Waals surface area contributed by atoms with Gasteiger partial charge >= 0.3 is 5.97 Å². The molecule has 4 rings (SSSR count). The van der Waals surface area contributed by atoms with E-state index in [1.165, 1.54) is 0 Å². The lowest BCUT2D eigenvalue weighted by Gasteiger charge is -2.36. The van der Waals surface area contributed by atoms with Crippen molar-refractivity contribution in [2.75, 3.05) is 26.7 Å². The van der Waals surface area contributed by atoms with Gasteiger partial charge in [-0.2, -0.15) is 0 Å². The van der Waals surface area contributed by atoms with Crippen molar-refractivity contribution < 1.29 is 27.8 Å². The minimum Gasteiger partial charge on any atom is -0.497 e. The van der Waals surface area contributed by atoms with E-state index in [1.54, 1.807) is 13.3 Å². The molecule has 3 aromatic rings. The molecular weight excluding hydrogens is 483 g/mol. The summed E-state index contributed by atoms with van der Waals surface area (Å²) in [5, 5.41) is 10.8. The molecule has 9 heteroatoms. The number of ether oxygens (including phenoxy) is 1. The Balaban J connectivity index is 1.39. The van der Waals surface area contributed by atoms with E-state index < -0.39 is 29.3 Å². The average Bonchev–Trinajstić information content (AvgIpc) is 2.89. The number of methoxy groups -OCH3 is 1. The van der Waals surface area contributed by atoms with E-state index in [0.717, 1.165) is 22.5 Å². The Morgan fingerprint density at radius 3 is 2.84 bits per heavy atom. The zero-order valence-corrected chi connectivity index (χ0v) is 20.4. The normalized spacial score (nSPS) is 18.7. The molecule has 37 heavy (non-hydrogen) atoms. The highest BCUT2D eigenvalue weighted by molar-refractivity contribution is 5.84. The van der Waals surface area contributed by atoms with Gasteiger partial charge in [-0.1, -0.05) is 11.8 Å². The number of piperidine rings is 1. The topological polar surface area (TPSA) is 88.7 Å². The van der Waals surface area contributed by atoms with Crippen molar-refractivity contribution in [3.05, 3.63) is 71.2 Å². The van der Waals surface area contributed by atoms with Crippen LogP contribution >= 0.6 is 0 Å². The predicted octanol–water partition coefficient (Wildman–Crippen LogP) is 4.52. The number of benzene rings is 2. The van der Waals surface area contributed by atoms with Gasteiger partial charge in [-0.15, -0.1) is 0 Å². The molecule has 0 spiro atoms. The van der Waals surface area contributed by atoms with Gasteiger partial charge in [-0.3, -0.25) is 14.7 Å². The van der Waals surface area contributed by atoms with Gasteiger partial charge in [0.05, 0.1) is 30.7 Å². The van der Waals surface area contributed by atoms with E-state index in [9.17, 15) is 23.1 Å². The minimum absolute atomic E-state index is 0.0647. The quantitative estimate of drug-likeness (QED) is 0.358. The average molecular weight is 512 g/mol. The van der Waals surface area contributed by atoms with Crippen LogP contribution in [0.2, 0.25) is 0 Å². The maximum Gasteiger partial charge on any atom is 0.308 e. The van der Waals surface area contributed by atoms with Crippen molar-refractivity contribution in [2.45, 2.75) is 25.3 Å². The number of hydrogen-bond acceptors (Lipinski definition) is 5. The molecule has 0 saturated carbocycles. The van der Waals surface area contributed by atoms with Gasteiger partial charge in [-0.05, 0) is 67.6 Å². The number of rotatable bonds is 7. The number of nitrogens with two attached hydrogens (primary N) is 1. The molecule has 2 aromatic carbocycles. The molecule has 1 aromatic heterocycles. The van der Waals surface area contributed by atoms with Gasteiger partial charge in [-0.25, -0.2) is 13.2 Å². The van der Waals surface area contributed by atoms with Crippen LogP contribution in [0.4, 0.5) is 13.2 Å². The number of carboxylic acids is 1. The molecule has 0 amide bonds. The van der Waals surface area contributed by atoms with Crippen molar-refractivity contribution >= 4 is 16.9 Å². The van der Waals surface area contributed by atoms with Gasteiger partial charge in [0.1, 0.15) is 11.6 Å². The number of aliphatic carboxylic acids is 1. The van der Waals surface area contributed by atoms with Crippen LogP contribution in [0, 0.1) is 41.1 Å². The summed E-state index contributed by atoms with van der Waals surface area (Å²) in [5.74, 6) is 0.895. The maximum atomic E-state index is 13.8. The highest BCUT2D eigenvalue weighted by Gasteiger charge is 2.34. The van der Waals surface area contributed by atoms with Crippen LogP contribution in [0.15, 0.2) is 42.6 Å².